The minimum Gasteiger partial charge on any atom is -0.490 e. The second-order valence-corrected chi connectivity index (χ2v) is 3.78. The molecule has 0 unspecified atom stereocenters. The van der Waals surface area contributed by atoms with Crippen molar-refractivity contribution in [3.63, 3.8) is 0 Å². The number of benzene rings is 1. The van der Waals surface area contributed by atoms with Crippen LogP contribution in [0.15, 0.2) is 12.1 Å². The Labute approximate surface area is 95.2 Å². The van der Waals surface area contributed by atoms with Crippen molar-refractivity contribution in [1.82, 2.24) is 0 Å². The van der Waals surface area contributed by atoms with Gasteiger partial charge in [0.15, 0.2) is 11.5 Å². The molecular weight excluding hydrogens is 206 g/mol. The number of aryl methyl sites for hydroxylation is 1. The Morgan fingerprint density at radius 3 is 2.38 bits per heavy atom. The molecule has 0 atom stereocenters. The van der Waals surface area contributed by atoms with Crippen molar-refractivity contribution in [2.24, 2.45) is 5.90 Å². The first-order valence-corrected chi connectivity index (χ1v) is 5.58. The molecule has 0 fully saturated rings. The molecule has 0 saturated carbocycles. The van der Waals surface area contributed by atoms with Gasteiger partial charge in [-0.15, -0.1) is 0 Å². The summed E-state index contributed by atoms with van der Waals surface area (Å²) in [5.41, 5.74) is 2.25. The SMILES string of the molecule is CCc1cc2c(cc1CON)OCCCO2. The predicted octanol–water partition coefficient (Wildman–Crippen LogP) is 1.80. The highest BCUT2D eigenvalue weighted by molar-refractivity contribution is 5.47. The number of nitrogens with two attached hydrogens (primary N) is 1. The van der Waals surface area contributed by atoms with E-state index in [1.165, 1.54) is 5.56 Å². The molecule has 0 saturated heterocycles. The van der Waals surface area contributed by atoms with Crippen LogP contribution in [0, 0.1) is 0 Å². The van der Waals surface area contributed by atoms with Gasteiger partial charge in [-0.05, 0) is 29.7 Å². The first-order valence-electron chi connectivity index (χ1n) is 5.58. The van der Waals surface area contributed by atoms with Crippen molar-refractivity contribution in [2.45, 2.75) is 26.4 Å². The molecule has 1 aromatic carbocycles. The zero-order valence-corrected chi connectivity index (χ0v) is 9.49. The third-order valence-corrected chi connectivity index (χ3v) is 2.69. The molecule has 1 heterocycles. The van der Waals surface area contributed by atoms with Crippen LogP contribution in [0.4, 0.5) is 0 Å². The van der Waals surface area contributed by atoms with E-state index in [0.29, 0.717) is 19.8 Å². The van der Waals surface area contributed by atoms with Crippen molar-refractivity contribution < 1.29 is 14.3 Å². The third-order valence-electron chi connectivity index (χ3n) is 2.69. The van der Waals surface area contributed by atoms with E-state index < -0.39 is 0 Å². The highest BCUT2D eigenvalue weighted by Gasteiger charge is 2.13. The van der Waals surface area contributed by atoms with E-state index in [9.17, 15) is 0 Å². The predicted molar refractivity (Wildman–Crippen MR) is 60.4 cm³/mol. The van der Waals surface area contributed by atoms with E-state index in [1.807, 2.05) is 12.1 Å². The average molecular weight is 223 g/mol. The summed E-state index contributed by atoms with van der Waals surface area (Å²) in [6.07, 6.45) is 1.84. The normalized spacial score (nSPS) is 14.6. The smallest absolute Gasteiger partial charge is 0.161 e. The summed E-state index contributed by atoms with van der Waals surface area (Å²) in [6, 6.07) is 3.99. The molecule has 2 N–H and O–H groups in total. The van der Waals surface area contributed by atoms with Gasteiger partial charge in [-0.3, -0.25) is 4.84 Å². The lowest BCUT2D eigenvalue weighted by molar-refractivity contribution is 0.123. The van der Waals surface area contributed by atoms with E-state index in [2.05, 4.69) is 6.92 Å². The van der Waals surface area contributed by atoms with Crippen LogP contribution in [-0.4, -0.2) is 13.2 Å². The molecule has 0 radical (unpaired) electrons. The van der Waals surface area contributed by atoms with Crippen LogP contribution in [0.3, 0.4) is 0 Å². The lowest BCUT2D eigenvalue weighted by Crippen LogP contribution is -2.03. The van der Waals surface area contributed by atoms with Crippen LogP contribution in [0.1, 0.15) is 24.5 Å². The van der Waals surface area contributed by atoms with Gasteiger partial charge in [0.2, 0.25) is 0 Å². The van der Waals surface area contributed by atoms with Gasteiger partial charge < -0.3 is 9.47 Å². The first-order chi connectivity index (χ1) is 7.85. The minimum atomic E-state index is 0.403. The summed E-state index contributed by atoms with van der Waals surface area (Å²) < 4.78 is 11.2. The highest BCUT2D eigenvalue weighted by atomic mass is 16.6. The molecule has 1 aliphatic heterocycles. The van der Waals surface area contributed by atoms with Gasteiger partial charge >= 0.3 is 0 Å². The molecule has 16 heavy (non-hydrogen) atoms. The van der Waals surface area contributed by atoms with Gasteiger partial charge in [0.1, 0.15) is 0 Å². The number of fused-ring (bicyclic) bond motifs is 1. The van der Waals surface area contributed by atoms with Gasteiger partial charge in [0, 0.05) is 6.42 Å². The maximum atomic E-state index is 5.63. The van der Waals surface area contributed by atoms with Gasteiger partial charge in [0.25, 0.3) is 0 Å². The fourth-order valence-corrected chi connectivity index (χ4v) is 1.85. The van der Waals surface area contributed by atoms with Gasteiger partial charge in [-0.2, -0.15) is 0 Å². The number of hydrogen-bond acceptors (Lipinski definition) is 4. The monoisotopic (exact) mass is 223 g/mol. The molecule has 4 nitrogen and oxygen atoms in total. The quantitative estimate of drug-likeness (QED) is 0.794. The Morgan fingerprint density at radius 2 is 1.81 bits per heavy atom. The van der Waals surface area contributed by atoms with Gasteiger partial charge in [-0.1, -0.05) is 6.92 Å². The molecule has 1 aliphatic rings. The van der Waals surface area contributed by atoms with Gasteiger partial charge in [0.05, 0.1) is 19.8 Å². The summed E-state index contributed by atoms with van der Waals surface area (Å²) in [5.74, 6) is 6.74. The largest absolute Gasteiger partial charge is 0.490 e. The Balaban J connectivity index is 2.36. The molecule has 0 aliphatic carbocycles. The summed E-state index contributed by atoms with van der Waals surface area (Å²) in [6.45, 7) is 3.91. The van der Waals surface area contributed by atoms with Crippen LogP contribution in [0.5, 0.6) is 11.5 Å². The second kappa shape index (κ2) is 5.18. The number of ether oxygens (including phenoxy) is 2. The third kappa shape index (κ3) is 2.28. The van der Waals surface area contributed by atoms with Crippen LogP contribution in [0.25, 0.3) is 0 Å². The fraction of sp³-hybridized carbons (Fsp3) is 0.500. The zero-order chi connectivity index (χ0) is 11.4. The topological polar surface area (TPSA) is 53.7 Å². The zero-order valence-electron chi connectivity index (χ0n) is 9.49. The van der Waals surface area contributed by atoms with E-state index >= 15 is 0 Å². The van der Waals surface area contributed by atoms with Crippen molar-refractivity contribution in [2.75, 3.05) is 13.2 Å². The van der Waals surface area contributed by atoms with Crippen LogP contribution in [0.2, 0.25) is 0 Å². The maximum Gasteiger partial charge on any atom is 0.161 e. The molecule has 4 heteroatoms. The maximum absolute atomic E-state index is 5.63. The summed E-state index contributed by atoms with van der Waals surface area (Å²) in [4.78, 5) is 4.70. The van der Waals surface area contributed by atoms with Crippen molar-refractivity contribution >= 4 is 0 Å². The van der Waals surface area contributed by atoms with Crippen molar-refractivity contribution in [3.05, 3.63) is 23.3 Å². The highest BCUT2D eigenvalue weighted by Crippen LogP contribution is 2.33. The van der Waals surface area contributed by atoms with Crippen molar-refractivity contribution in [1.29, 1.82) is 0 Å². The van der Waals surface area contributed by atoms with Crippen molar-refractivity contribution in [3.8, 4) is 11.5 Å². The van der Waals surface area contributed by atoms with E-state index in [0.717, 1.165) is 29.9 Å². The Morgan fingerprint density at radius 1 is 1.19 bits per heavy atom. The summed E-state index contributed by atoms with van der Waals surface area (Å²) in [5, 5.41) is 0. The van der Waals surface area contributed by atoms with Crippen LogP contribution in [-0.2, 0) is 17.9 Å². The second-order valence-electron chi connectivity index (χ2n) is 3.78. The average Bonchev–Trinajstić information content (AvgIpc) is 2.53. The molecule has 0 amide bonds. The van der Waals surface area contributed by atoms with E-state index in [-0.39, 0.29) is 0 Å². The Bertz CT molecular complexity index is 365. The molecule has 0 spiro atoms. The minimum absolute atomic E-state index is 0.403. The lowest BCUT2D eigenvalue weighted by atomic mass is 10.0. The molecular formula is C12H17NO3. The standard InChI is InChI=1S/C12H17NO3/c1-2-9-6-11-12(7-10(9)8-16-13)15-5-3-4-14-11/h6-7H,2-5,8,13H2,1H3. The summed E-state index contributed by atoms with van der Waals surface area (Å²) >= 11 is 0. The molecule has 0 aromatic heterocycles. The number of hydrogen-bond donors (Lipinski definition) is 1. The molecule has 1 aromatic rings. The van der Waals surface area contributed by atoms with E-state index in [4.69, 9.17) is 20.2 Å². The molecule has 0 bridgehead atoms. The van der Waals surface area contributed by atoms with Gasteiger partial charge in [-0.25, -0.2) is 5.90 Å². The Kier molecular flexibility index (Phi) is 3.64. The lowest BCUT2D eigenvalue weighted by Gasteiger charge is -2.13. The molecule has 88 valence electrons. The van der Waals surface area contributed by atoms with Crippen LogP contribution < -0.4 is 15.4 Å². The summed E-state index contributed by atoms with van der Waals surface area (Å²) in [7, 11) is 0. The first kappa shape index (κ1) is 11.2. The number of rotatable bonds is 3. The van der Waals surface area contributed by atoms with E-state index in [1.54, 1.807) is 0 Å². The Hall–Kier alpha value is -1.26. The fourth-order valence-electron chi connectivity index (χ4n) is 1.85. The molecule has 2 rings (SSSR count). The van der Waals surface area contributed by atoms with Crippen LogP contribution >= 0.6 is 0 Å².